The third-order valence-corrected chi connectivity index (χ3v) is 6.14. The maximum absolute atomic E-state index is 13.2. The molecule has 1 aromatic carbocycles. The van der Waals surface area contributed by atoms with Crippen LogP contribution in [0.2, 0.25) is 0 Å². The molecule has 3 aromatic heterocycles. The third-order valence-electron chi connectivity index (χ3n) is 6.14. The first-order valence-electron chi connectivity index (χ1n) is 10.8. The lowest BCUT2D eigenvalue weighted by atomic mass is 9.92. The number of benzene rings is 1. The maximum atomic E-state index is 13.2. The average Bonchev–Trinajstić information content (AvgIpc) is 3.19. The second kappa shape index (κ2) is 8.47. The molecule has 0 bridgehead atoms. The van der Waals surface area contributed by atoms with E-state index in [1.165, 1.54) is 12.1 Å². The molecule has 4 N–H and O–H groups in total. The number of rotatable bonds is 5. The zero-order chi connectivity index (χ0) is 21.2. The van der Waals surface area contributed by atoms with Crippen LogP contribution in [-0.4, -0.2) is 27.0 Å². The summed E-state index contributed by atoms with van der Waals surface area (Å²) in [5.74, 6) is 0.670. The summed E-state index contributed by atoms with van der Waals surface area (Å²) in [6, 6.07) is 13.7. The van der Waals surface area contributed by atoms with E-state index in [1.54, 1.807) is 0 Å². The molecule has 5 rings (SSSR count). The molecule has 4 aromatic rings. The smallest absolute Gasteiger partial charge is 0.137 e. The number of anilines is 1. The Kier molecular flexibility index (Phi) is 5.38. The van der Waals surface area contributed by atoms with Gasteiger partial charge in [-0.05, 0) is 79.1 Å². The Morgan fingerprint density at radius 3 is 2.61 bits per heavy atom. The number of halogens is 1. The fourth-order valence-corrected chi connectivity index (χ4v) is 4.35. The van der Waals surface area contributed by atoms with Crippen LogP contribution in [0.25, 0.3) is 22.2 Å². The van der Waals surface area contributed by atoms with Crippen molar-refractivity contribution in [3.63, 3.8) is 0 Å². The highest BCUT2D eigenvalue weighted by Crippen LogP contribution is 2.28. The van der Waals surface area contributed by atoms with Crippen molar-refractivity contribution in [2.45, 2.75) is 44.2 Å². The van der Waals surface area contributed by atoms with Gasteiger partial charge in [-0.3, -0.25) is 0 Å². The number of pyridine rings is 2. The van der Waals surface area contributed by atoms with Gasteiger partial charge in [0.2, 0.25) is 0 Å². The summed E-state index contributed by atoms with van der Waals surface area (Å²) in [6.07, 6.45) is 10.7. The monoisotopic (exact) mass is 415 g/mol. The van der Waals surface area contributed by atoms with Crippen LogP contribution in [0, 0.1) is 5.82 Å². The summed E-state index contributed by atoms with van der Waals surface area (Å²) in [6.45, 7) is 0. The number of aromatic amines is 1. The van der Waals surface area contributed by atoms with Crippen LogP contribution in [0.1, 0.15) is 36.8 Å². The normalized spacial score (nSPS) is 18.9. The number of nitrogens with two attached hydrogens (primary N) is 1. The topological polar surface area (TPSA) is 79.6 Å². The molecular weight excluding hydrogens is 389 g/mol. The summed E-state index contributed by atoms with van der Waals surface area (Å²) in [5, 5.41) is 4.65. The Hall–Kier alpha value is -3.25. The SMILES string of the molecule is N[C@H]1CC[C@H](Nc2cc(-c3cnc4[nH]cc(Cc5ccc(F)cc5)c4c3)ccn2)CC1. The number of nitrogens with zero attached hydrogens (tertiary/aromatic N) is 2. The molecule has 0 spiro atoms. The van der Waals surface area contributed by atoms with Crippen LogP contribution in [0.5, 0.6) is 0 Å². The van der Waals surface area contributed by atoms with Crippen molar-refractivity contribution >= 4 is 16.9 Å². The first-order valence-corrected chi connectivity index (χ1v) is 10.8. The van der Waals surface area contributed by atoms with Crippen molar-refractivity contribution < 1.29 is 4.39 Å². The van der Waals surface area contributed by atoms with Crippen LogP contribution in [0.4, 0.5) is 10.2 Å². The van der Waals surface area contributed by atoms with Gasteiger partial charge < -0.3 is 16.0 Å². The van der Waals surface area contributed by atoms with Crippen molar-refractivity contribution in [3.8, 4) is 11.1 Å². The summed E-state index contributed by atoms with van der Waals surface area (Å²) in [5.41, 5.74) is 11.2. The predicted octanol–water partition coefficient (Wildman–Crippen LogP) is 5.04. The average molecular weight is 416 g/mol. The molecule has 31 heavy (non-hydrogen) atoms. The largest absolute Gasteiger partial charge is 0.367 e. The van der Waals surface area contributed by atoms with Gasteiger partial charge in [0, 0.05) is 41.6 Å². The number of hydrogen-bond acceptors (Lipinski definition) is 4. The number of nitrogens with one attached hydrogen (secondary N) is 2. The number of aromatic nitrogens is 3. The van der Waals surface area contributed by atoms with Gasteiger partial charge in [0.25, 0.3) is 0 Å². The third kappa shape index (κ3) is 4.44. The lowest BCUT2D eigenvalue weighted by molar-refractivity contribution is 0.410. The molecule has 1 aliphatic rings. The van der Waals surface area contributed by atoms with Crippen molar-refractivity contribution in [2.75, 3.05) is 5.32 Å². The molecule has 0 unspecified atom stereocenters. The molecular formula is C25H26FN5. The van der Waals surface area contributed by atoms with E-state index in [1.807, 2.05) is 36.8 Å². The van der Waals surface area contributed by atoms with Crippen LogP contribution < -0.4 is 11.1 Å². The Morgan fingerprint density at radius 1 is 1.00 bits per heavy atom. The van der Waals surface area contributed by atoms with E-state index >= 15 is 0 Å². The van der Waals surface area contributed by atoms with Gasteiger partial charge in [0.1, 0.15) is 17.3 Å². The zero-order valence-corrected chi connectivity index (χ0v) is 17.3. The van der Waals surface area contributed by atoms with Crippen molar-refractivity contribution in [3.05, 3.63) is 78.0 Å². The molecule has 0 radical (unpaired) electrons. The van der Waals surface area contributed by atoms with Gasteiger partial charge in [-0.15, -0.1) is 0 Å². The summed E-state index contributed by atoms with van der Waals surface area (Å²) >= 11 is 0. The van der Waals surface area contributed by atoms with E-state index in [4.69, 9.17) is 5.73 Å². The molecule has 6 heteroatoms. The zero-order valence-electron chi connectivity index (χ0n) is 17.3. The van der Waals surface area contributed by atoms with E-state index in [0.29, 0.717) is 12.1 Å². The van der Waals surface area contributed by atoms with Crippen molar-refractivity contribution in [2.24, 2.45) is 5.73 Å². The van der Waals surface area contributed by atoms with Gasteiger partial charge in [-0.2, -0.15) is 0 Å². The molecule has 0 saturated heterocycles. The van der Waals surface area contributed by atoms with Crippen LogP contribution in [0.15, 0.2) is 61.1 Å². The molecule has 1 aliphatic carbocycles. The lowest BCUT2D eigenvalue weighted by Crippen LogP contribution is -2.32. The number of H-pyrrole nitrogens is 1. The quantitative estimate of drug-likeness (QED) is 0.427. The first kappa shape index (κ1) is 19.7. The molecule has 5 nitrogen and oxygen atoms in total. The van der Waals surface area contributed by atoms with Gasteiger partial charge in [0.05, 0.1) is 0 Å². The van der Waals surface area contributed by atoms with Gasteiger partial charge in [-0.25, -0.2) is 14.4 Å². The molecule has 1 saturated carbocycles. The molecule has 0 aliphatic heterocycles. The predicted molar refractivity (Wildman–Crippen MR) is 122 cm³/mol. The van der Waals surface area contributed by atoms with Crippen LogP contribution in [-0.2, 0) is 6.42 Å². The Balaban J connectivity index is 1.39. The minimum absolute atomic E-state index is 0.218. The molecule has 0 amide bonds. The summed E-state index contributed by atoms with van der Waals surface area (Å²) in [7, 11) is 0. The Bertz CT molecular complexity index is 1180. The molecule has 0 atom stereocenters. The van der Waals surface area contributed by atoms with Gasteiger partial charge >= 0.3 is 0 Å². The van der Waals surface area contributed by atoms with E-state index < -0.39 is 0 Å². The Labute approximate surface area is 180 Å². The van der Waals surface area contributed by atoms with Crippen molar-refractivity contribution in [1.29, 1.82) is 0 Å². The standard InChI is InChI=1S/C25H26FN5/c26-20-3-1-16(2-4-20)11-19-15-30-25-23(19)12-18(14-29-25)17-9-10-28-24(13-17)31-22-7-5-21(27)6-8-22/h1-4,9-10,12-15,21-22H,5-8,11,27H2,(H,28,31)(H,29,30)/t21-,22-. The second-order valence-electron chi connectivity index (χ2n) is 8.42. The van der Waals surface area contributed by atoms with Crippen molar-refractivity contribution in [1.82, 2.24) is 15.0 Å². The lowest BCUT2D eigenvalue weighted by Gasteiger charge is -2.27. The van der Waals surface area contributed by atoms with E-state index in [-0.39, 0.29) is 5.82 Å². The van der Waals surface area contributed by atoms with Gasteiger partial charge in [0.15, 0.2) is 0 Å². The minimum atomic E-state index is -0.218. The van der Waals surface area contributed by atoms with Crippen LogP contribution in [0.3, 0.4) is 0 Å². The number of fused-ring (bicyclic) bond motifs is 1. The molecule has 158 valence electrons. The first-order chi connectivity index (χ1) is 15.1. The highest BCUT2D eigenvalue weighted by molar-refractivity contribution is 5.85. The highest BCUT2D eigenvalue weighted by Gasteiger charge is 2.18. The minimum Gasteiger partial charge on any atom is -0.367 e. The Morgan fingerprint density at radius 2 is 1.81 bits per heavy atom. The van der Waals surface area contributed by atoms with E-state index in [0.717, 1.165) is 71.2 Å². The van der Waals surface area contributed by atoms with Crippen LogP contribution >= 0.6 is 0 Å². The fraction of sp³-hybridized carbons (Fsp3) is 0.280. The fourth-order valence-electron chi connectivity index (χ4n) is 4.35. The highest BCUT2D eigenvalue weighted by atomic mass is 19.1. The second-order valence-corrected chi connectivity index (χ2v) is 8.42. The molecule has 1 fully saturated rings. The summed E-state index contributed by atoms with van der Waals surface area (Å²) in [4.78, 5) is 12.4. The summed E-state index contributed by atoms with van der Waals surface area (Å²) < 4.78 is 13.2. The van der Waals surface area contributed by atoms with Gasteiger partial charge in [-0.1, -0.05) is 12.1 Å². The van der Waals surface area contributed by atoms with E-state index in [2.05, 4.69) is 32.4 Å². The molecule has 3 heterocycles. The maximum Gasteiger partial charge on any atom is 0.137 e. The number of hydrogen-bond donors (Lipinski definition) is 3. The van der Waals surface area contributed by atoms with E-state index in [9.17, 15) is 4.39 Å².